The molecule has 9 aromatic carbocycles. The van der Waals surface area contributed by atoms with Crippen molar-refractivity contribution in [2.24, 2.45) is 0 Å². The summed E-state index contributed by atoms with van der Waals surface area (Å²) in [7, 11) is 2.23. The van der Waals surface area contributed by atoms with Crippen molar-refractivity contribution in [3.05, 3.63) is 229 Å². The molecule has 2 atom stereocenters. The van der Waals surface area contributed by atoms with E-state index in [1.807, 2.05) is 0 Å². The van der Waals surface area contributed by atoms with E-state index in [9.17, 15) is 0 Å². The molecule has 288 valence electrons. The number of fused-ring (bicyclic) bond motifs is 13. The summed E-state index contributed by atoms with van der Waals surface area (Å²) in [5.41, 5.74) is 19.8. The second-order valence-electron chi connectivity index (χ2n) is 16.6. The number of nitrogens with zero attached hydrogens (tertiary/aromatic N) is 3. The Morgan fingerprint density at radius 3 is 1.59 bits per heavy atom. The summed E-state index contributed by atoms with van der Waals surface area (Å²) >= 11 is 0. The molecule has 2 aliphatic rings. The van der Waals surface area contributed by atoms with E-state index in [4.69, 9.17) is 0 Å². The highest BCUT2D eigenvalue weighted by Crippen LogP contribution is 2.48. The van der Waals surface area contributed by atoms with Crippen LogP contribution in [-0.2, 0) is 0 Å². The molecular weight excluding hydrogens is 741 g/mol. The second kappa shape index (κ2) is 13.1. The SMILES string of the molecule is CN1c2ccccc2-c2ccccc2C1c1cccc(-n2c3ccccc3c3c4c5ccccc5n(-c5cccc(C6Nc7ccccc7-c7ccccc76)c5)c4ccc32)c1. The quantitative estimate of drug-likeness (QED) is 0.192. The zero-order chi connectivity index (χ0) is 40.2. The molecule has 0 spiro atoms. The van der Waals surface area contributed by atoms with Gasteiger partial charge in [0.05, 0.1) is 34.2 Å². The Kier molecular flexibility index (Phi) is 7.31. The van der Waals surface area contributed by atoms with E-state index in [1.54, 1.807) is 0 Å². The van der Waals surface area contributed by atoms with Crippen LogP contribution in [0.3, 0.4) is 0 Å². The summed E-state index contributed by atoms with van der Waals surface area (Å²) in [4.78, 5) is 2.44. The molecule has 0 radical (unpaired) electrons. The predicted molar refractivity (Wildman–Crippen MR) is 255 cm³/mol. The number of hydrogen-bond acceptors (Lipinski definition) is 2. The summed E-state index contributed by atoms with van der Waals surface area (Å²) in [5.74, 6) is 0. The average Bonchev–Trinajstić information content (AvgIpc) is 3.84. The van der Waals surface area contributed by atoms with E-state index in [2.05, 4.69) is 233 Å². The molecule has 0 bridgehead atoms. The molecule has 13 rings (SSSR count). The maximum absolute atomic E-state index is 3.90. The zero-order valence-corrected chi connectivity index (χ0v) is 33.6. The maximum Gasteiger partial charge on any atom is 0.0799 e. The fourth-order valence-electron chi connectivity index (χ4n) is 10.8. The van der Waals surface area contributed by atoms with Crippen molar-refractivity contribution in [2.45, 2.75) is 12.1 Å². The lowest BCUT2D eigenvalue weighted by Gasteiger charge is -2.38. The van der Waals surface area contributed by atoms with Crippen molar-refractivity contribution in [3.8, 4) is 33.6 Å². The Labute approximate surface area is 354 Å². The Morgan fingerprint density at radius 1 is 0.393 bits per heavy atom. The molecule has 0 saturated carbocycles. The number of para-hydroxylation sites is 4. The van der Waals surface area contributed by atoms with Gasteiger partial charge in [0.25, 0.3) is 0 Å². The Hall–Kier alpha value is -7.82. The zero-order valence-electron chi connectivity index (χ0n) is 33.6. The molecule has 1 N–H and O–H groups in total. The number of nitrogens with one attached hydrogen (secondary N) is 1. The van der Waals surface area contributed by atoms with Crippen LogP contribution in [0.1, 0.15) is 34.3 Å². The number of aromatic nitrogens is 2. The van der Waals surface area contributed by atoms with Crippen molar-refractivity contribution in [3.63, 3.8) is 0 Å². The molecular formula is C57H40N4. The monoisotopic (exact) mass is 780 g/mol. The first kappa shape index (κ1) is 34.1. The van der Waals surface area contributed by atoms with Crippen LogP contribution in [0.2, 0.25) is 0 Å². The molecule has 2 aromatic heterocycles. The number of benzene rings is 9. The van der Waals surface area contributed by atoms with Gasteiger partial charge in [-0.05, 0) is 94.0 Å². The van der Waals surface area contributed by atoms with Gasteiger partial charge in [0, 0.05) is 62.5 Å². The number of hydrogen-bond donors (Lipinski definition) is 1. The minimum absolute atomic E-state index is 0.0243. The van der Waals surface area contributed by atoms with Crippen molar-refractivity contribution >= 4 is 55.0 Å². The van der Waals surface area contributed by atoms with Crippen LogP contribution in [0.4, 0.5) is 11.4 Å². The summed E-state index contributed by atoms with van der Waals surface area (Å²) in [6.45, 7) is 0. The molecule has 0 saturated heterocycles. The summed E-state index contributed by atoms with van der Waals surface area (Å²) in [6, 6.07) is 76.2. The molecule has 2 unspecified atom stereocenters. The minimum Gasteiger partial charge on any atom is -0.374 e. The maximum atomic E-state index is 3.90. The third-order valence-electron chi connectivity index (χ3n) is 13.4. The number of anilines is 2. The van der Waals surface area contributed by atoms with Crippen LogP contribution >= 0.6 is 0 Å². The van der Waals surface area contributed by atoms with E-state index < -0.39 is 0 Å². The average molecular weight is 781 g/mol. The van der Waals surface area contributed by atoms with Crippen molar-refractivity contribution in [1.82, 2.24) is 9.13 Å². The van der Waals surface area contributed by atoms with Crippen LogP contribution in [-0.4, -0.2) is 16.2 Å². The van der Waals surface area contributed by atoms with Crippen molar-refractivity contribution < 1.29 is 0 Å². The first-order valence-corrected chi connectivity index (χ1v) is 21.2. The van der Waals surface area contributed by atoms with Gasteiger partial charge in [0.1, 0.15) is 0 Å². The fourth-order valence-corrected chi connectivity index (χ4v) is 10.8. The van der Waals surface area contributed by atoms with Crippen LogP contribution in [0.25, 0.3) is 77.2 Å². The normalized spacial score (nSPS) is 15.4. The first-order valence-electron chi connectivity index (χ1n) is 21.2. The fraction of sp³-hybridized carbons (Fsp3) is 0.0526. The molecule has 0 aliphatic carbocycles. The van der Waals surface area contributed by atoms with Gasteiger partial charge in [-0.15, -0.1) is 0 Å². The van der Waals surface area contributed by atoms with E-state index >= 15 is 0 Å². The van der Waals surface area contributed by atoms with Gasteiger partial charge >= 0.3 is 0 Å². The van der Waals surface area contributed by atoms with Crippen LogP contribution < -0.4 is 10.2 Å². The highest BCUT2D eigenvalue weighted by Gasteiger charge is 2.31. The molecule has 0 amide bonds. The van der Waals surface area contributed by atoms with Crippen LogP contribution in [0.5, 0.6) is 0 Å². The summed E-state index contributed by atoms with van der Waals surface area (Å²) < 4.78 is 4.95. The molecule has 0 fully saturated rings. The largest absolute Gasteiger partial charge is 0.374 e. The second-order valence-corrected chi connectivity index (χ2v) is 16.6. The summed E-state index contributed by atoms with van der Waals surface area (Å²) in [5, 5.41) is 8.95. The van der Waals surface area contributed by atoms with E-state index in [0.717, 1.165) is 11.4 Å². The Balaban J connectivity index is 0.994. The van der Waals surface area contributed by atoms with E-state index in [0.29, 0.717) is 0 Å². The standard InChI is InChI=1S/C57H40N4/c1-59-49-29-11-7-23-43(49)41-21-3-5-25-45(41)57(59)37-17-15-19-39(35-37)61-51-31-13-9-27-47(51)55-53(61)33-32-52-54(55)46-26-8-12-30-50(46)60(52)38-18-14-16-36(34-38)56-44-24-4-2-20-40(44)42-22-6-10-28-48(42)58-56/h2-35,56-58H,1H3. The van der Waals surface area contributed by atoms with Gasteiger partial charge in [-0.25, -0.2) is 0 Å². The number of rotatable bonds is 4. The van der Waals surface area contributed by atoms with Gasteiger partial charge in [0.2, 0.25) is 0 Å². The topological polar surface area (TPSA) is 25.1 Å². The van der Waals surface area contributed by atoms with Crippen molar-refractivity contribution in [1.29, 1.82) is 0 Å². The highest BCUT2D eigenvalue weighted by molar-refractivity contribution is 6.28. The van der Waals surface area contributed by atoms with Gasteiger partial charge in [-0.2, -0.15) is 0 Å². The first-order chi connectivity index (χ1) is 30.2. The smallest absolute Gasteiger partial charge is 0.0799 e. The lowest BCUT2D eigenvalue weighted by molar-refractivity contribution is 0.774. The van der Waals surface area contributed by atoms with Gasteiger partial charge in [-0.1, -0.05) is 146 Å². The Bertz CT molecular complexity index is 3570. The predicted octanol–water partition coefficient (Wildman–Crippen LogP) is 14.3. The van der Waals surface area contributed by atoms with Crippen molar-refractivity contribution in [2.75, 3.05) is 17.3 Å². The third kappa shape index (κ3) is 4.93. The van der Waals surface area contributed by atoms with Crippen LogP contribution in [0.15, 0.2) is 206 Å². The van der Waals surface area contributed by atoms with Crippen LogP contribution in [0, 0.1) is 0 Å². The molecule has 4 nitrogen and oxygen atoms in total. The molecule has 2 aliphatic heterocycles. The van der Waals surface area contributed by atoms with Gasteiger partial charge in [0.15, 0.2) is 0 Å². The van der Waals surface area contributed by atoms with Gasteiger partial charge in [-0.3, -0.25) is 0 Å². The third-order valence-corrected chi connectivity index (χ3v) is 13.4. The lowest BCUT2D eigenvalue weighted by atomic mass is 9.85. The summed E-state index contributed by atoms with van der Waals surface area (Å²) in [6.07, 6.45) is 0. The highest BCUT2D eigenvalue weighted by atomic mass is 15.1. The lowest BCUT2D eigenvalue weighted by Crippen LogP contribution is -2.29. The molecule has 4 heteroatoms. The Morgan fingerprint density at radius 2 is 0.902 bits per heavy atom. The van der Waals surface area contributed by atoms with E-state index in [1.165, 1.54) is 99.5 Å². The minimum atomic E-state index is 0.0243. The van der Waals surface area contributed by atoms with Gasteiger partial charge < -0.3 is 19.4 Å². The molecule has 4 heterocycles. The molecule has 61 heavy (non-hydrogen) atoms. The molecule has 11 aromatic rings. The van der Waals surface area contributed by atoms with E-state index in [-0.39, 0.29) is 12.1 Å².